The number of carbonyl (C=O) groups is 3. The third kappa shape index (κ3) is 4.91. The molecular weight excluding hydrogens is 472 g/mol. The van der Waals surface area contributed by atoms with Crippen LogP contribution in [-0.4, -0.2) is 43.1 Å². The maximum absolute atomic E-state index is 12.9. The van der Waals surface area contributed by atoms with Crippen molar-refractivity contribution in [3.8, 4) is 11.5 Å². The third-order valence-corrected chi connectivity index (χ3v) is 4.70. The van der Waals surface area contributed by atoms with E-state index in [2.05, 4.69) is 26.0 Å². The minimum absolute atomic E-state index is 0.0166. The van der Waals surface area contributed by atoms with Crippen LogP contribution in [0.4, 0.5) is 4.79 Å². The second kappa shape index (κ2) is 9.25. The van der Waals surface area contributed by atoms with E-state index in [1.165, 1.54) is 32.4 Å². The van der Waals surface area contributed by atoms with E-state index >= 15 is 0 Å². The van der Waals surface area contributed by atoms with E-state index in [9.17, 15) is 14.4 Å². The van der Waals surface area contributed by atoms with Crippen molar-refractivity contribution in [2.45, 2.75) is 26.5 Å². The van der Waals surface area contributed by atoms with Crippen molar-refractivity contribution in [3.05, 3.63) is 51.5 Å². The Balaban J connectivity index is 1.89. The lowest BCUT2D eigenvalue weighted by Gasteiger charge is -2.17. The average Bonchev–Trinajstić information content (AvgIpc) is 3.29. The fraction of sp³-hybridized carbons (Fsp3) is 0.286. The molecule has 0 bridgehead atoms. The molecule has 2 aromatic rings. The quantitative estimate of drug-likeness (QED) is 0.356. The summed E-state index contributed by atoms with van der Waals surface area (Å²) in [5, 5.41) is 2.55. The fourth-order valence-corrected chi connectivity index (χ4v) is 3.36. The van der Waals surface area contributed by atoms with E-state index in [-0.39, 0.29) is 29.9 Å². The minimum Gasteiger partial charge on any atom is -0.493 e. The first-order valence-electron chi connectivity index (χ1n) is 9.29. The first-order valence-corrected chi connectivity index (χ1v) is 10.1. The molecule has 0 spiro atoms. The Labute approximate surface area is 187 Å². The van der Waals surface area contributed by atoms with Gasteiger partial charge in [0.25, 0.3) is 5.91 Å². The highest BCUT2D eigenvalue weighted by molar-refractivity contribution is 9.10. The number of urea groups is 1. The third-order valence-electron chi connectivity index (χ3n) is 4.25. The summed E-state index contributed by atoms with van der Waals surface area (Å²) in [5.74, 6) is -0.0205. The summed E-state index contributed by atoms with van der Waals surface area (Å²) < 4.78 is 21.9. The van der Waals surface area contributed by atoms with Gasteiger partial charge in [-0.2, -0.15) is 0 Å². The number of hydrogen-bond donors (Lipinski definition) is 1. The van der Waals surface area contributed by atoms with Crippen LogP contribution in [0.5, 0.6) is 11.5 Å². The van der Waals surface area contributed by atoms with Gasteiger partial charge < -0.3 is 23.9 Å². The molecule has 1 saturated heterocycles. The van der Waals surface area contributed by atoms with Crippen LogP contribution < -0.4 is 14.8 Å². The Hall–Kier alpha value is -3.27. The zero-order chi connectivity index (χ0) is 22.7. The van der Waals surface area contributed by atoms with E-state index in [0.717, 1.165) is 4.90 Å². The fourth-order valence-electron chi connectivity index (χ4n) is 2.91. The van der Waals surface area contributed by atoms with Crippen LogP contribution >= 0.6 is 15.9 Å². The number of methoxy groups -OCH3 is 2. The number of rotatable bonds is 7. The van der Waals surface area contributed by atoms with Gasteiger partial charge in [-0.05, 0) is 44.2 Å². The van der Waals surface area contributed by atoms with E-state index in [1.54, 1.807) is 12.1 Å². The first kappa shape index (κ1) is 22.4. The molecule has 1 N–H and O–H groups in total. The van der Waals surface area contributed by atoms with Gasteiger partial charge >= 0.3 is 12.0 Å². The summed E-state index contributed by atoms with van der Waals surface area (Å²) >= 11 is 3.41. The normalized spacial score (nSPS) is 14.9. The molecule has 1 aromatic heterocycles. The highest BCUT2D eigenvalue weighted by atomic mass is 79.9. The average molecular weight is 493 g/mol. The Kier molecular flexibility index (Phi) is 6.69. The SMILES string of the molecule is COC(=O)c1ccc(CN2C(=O)N/C(=C\c3cc(Br)cc(OC)c3OC(C)C)C2=O)o1. The Morgan fingerprint density at radius 2 is 2.00 bits per heavy atom. The predicted octanol–water partition coefficient (Wildman–Crippen LogP) is 3.72. The van der Waals surface area contributed by atoms with Crippen LogP contribution in [0, 0.1) is 0 Å². The van der Waals surface area contributed by atoms with Gasteiger partial charge in [-0.3, -0.25) is 9.69 Å². The van der Waals surface area contributed by atoms with Gasteiger partial charge in [0.1, 0.15) is 11.5 Å². The number of amides is 3. The van der Waals surface area contributed by atoms with E-state index in [0.29, 0.717) is 21.5 Å². The Bertz CT molecular complexity index is 1060. The summed E-state index contributed by atoms with van der Waals surface area (Å²) in [6.07, 6.45) is 1.38. The zero-order valence-corrected chi connectivity index (χ0v) is 18.9. The molecule has 0 aliphatic carbocycles. The number of ether oxygens (including phenoxy) is 3. The molecule has 10 heteroatoms. The monoisotopic (exact) mass is 492 g/mol. The van der Waals surface area contributed by atoms with E-state index in [1.807, 2.05) is 13.8 Å². The van der Waals surface area contributed by atoms with Crippen LogP contribution in [0.15, 0.2) is 38.9 Å². The van der Waals surface area contributed by atoms with Crippen LogP contribution in [0.25, 0.3) is 6.08 Å². The van der Waals surface area contributed by atoms with Crippen LogP contribution in [0.2, 0.25) is 0 Å². The number of carbonyl (C=O) groups excluding carboxylic acids is 3. The maximum Gasteiger partial charge on any atom is 0.373 e. The van der Waals surface area contributed by atoms with Gasteiger partial charge in [-0.1, -0.05) is 15.9 Å². The van der Waals surface area contributed by atoms with Crippen molar-refractivity contribution in [2.24, 2.45) is 0 Å². The van der Waals surface area contributed by atoms with Gasteiger partial charge in [0.15, 0.2) is 11.5 Å². The zero-order valence-electron chi connectivity index (χ0n) is 17.4. The van der Waals surface area contributed by atoms with Crippen molar-refractivity contribution in [1.29, 1.82) is 0 Å². The van der Waals surface area contributed by atoms with Crippen LogP contribution in [0.1, 0.15) is 35.7 Å². The van der Waals surface area contributed by atoms with Crippen molar-refractivity contribution < 1.29 is 33.0 Å². The lowest BCUT2D eigenvalue weighted by molar-refractivity contribution is -0.123. The molecule has 0 atom stereocenters. The lowest BCUT2D eigenvalue weighted by Crippen LogP contribution is -2.30. The maximum atomic E-state index is 12.9. The largest absolute Gasteiger partial charge is 0.493 e. The van der Waals surface area contributed by atoms with Gasteiger partial charge in [-0.25, -0.2) is 9.59 Å². The number of benzene rings is 1. The number of halogens is 1. The van der Waals surface area contributed by atoms with Gasteiger partial charge in [0.05, 0.1) is 26.9 Å². The number of esters is 1. The molecule has 3 amide bonds. The van der Waals surface area contributed by atoms with Gasteiger partial charge in [0.2, 0.25) is 5.76 Å². The summed E-state index contributed by atoms with van der Waals surface area (Å²) in [7, 11) is 2.75. The molecule has 164 valence electrons. The van der Waals surface area contributed by atoms with Crippen molar-refractivity contribution >= 4 is 39.9 Å². The minimum atomic E-state index is -0.648. The second-order valence-corrected chi connectivity index (χ2v) is 7.75. The van der Waals surface area contributed by atoms with Gasteiger partial charge in [0, 0.05) is 10.0 Å². The summed E-state index contributed by atoms with van der Waals surface area (Å²) in [5.41, 5.74) is 0.620. The molecule has 0 unspecified atom stereocenters. The van der Waals surface area contributed by atoms with Crippen molar-refractivity contribution in [3.63, 3.8) is 0 Å². The molecule has 2 heterocycles. The van der Waals surface area contributed by atoms with Crippen molar-refractivity contribution in [1.82, 2.24) is 10.2 Å². The van der Waals surface area contributed by atoms with E-state index < -0.39 is 17.9 Å². The standard InChI is InChI=1S/C21H21BrN2O7/c1-11(2)30-18-12(7-13(22)9-17(18)28-3)8-15-19(25)24(21(27)23-15)10-14-5-6-16(31-14)20(26)29-4/h5-9,11H,10H2,1-4H3,(H,23,27)/b15-8-. The van der Waals surface area contributed by atoms with Crippen molar-refractivity contribution in [2.75, 3.05) is 14.2 Å². The summed E-state index contributed by atoms with van der Waals surface area (Å²) in [4.78, 5) is 37.7. The van der Waals surface area contributed by atoms with Crippen LogP contribution in [-0.2, 0) is 16.1 Å². The highest BCUT2D eigenvalue weighted by Crippen LogP contribution is 2.37. The molecule has 1 aliphatic rings. The molecular formula is C21H21BrN2O7. The molecule has 3 rings (SSSR count). The molecule has 1 aromatic carbocycles. The number of nitrogens with one attached hydrogen (secondary N) is 1. The highest BCUT2D eigenvalue weighted by Gasteiger charge is 2.34. The molecule has 0 saturated carbocycles. The lowest BCUT2D eigenvalue weighted by atomic mass is 10.1. The van der Waals surface area contributed by atoms with Gasteiger partial charge in [-0.15, -0.1) is 0 Å². The Morgan fingerprint density at radius 1 is 1.26 bits per heavy atom. The smallest absolute Gasteiger partial charge is 0.373 e. The molecule has 31 heavy (non-hydrogen) atoms. The number of furan rings is 1. The number of hydrogen-bond acceptors (Lipinski definition) is 7. The second-order valence-electron chi connectivity index (χ2n) is 6.83. The molecule has 9 nitrogen and oxygen atoms in total. The Morgan fingerprint density at radius 3 is 2.65 bits per heavy atom. The molecule has 1 aliphatic heterocycles. The van der Waals surface area contributed by atoms with E-state index in [4.69, 9.17) is 13.9 Å². The topological polar surface area (TPSA) is 107 Å². The molecule has 0 radical (unpaired) electrons. The number of imide groups is 1. The first-order chi connectivity index (χ1) is 14.7. The number of nitrogens with zero attached hydrogens (tertiary/aromatic N) is 1. The van der Waals surface area contributed by atoms with Crippen LogP contribution in [0.3, 0.4) is 0 Å². The summed E-state index contributed by atoms with van der Waals surface area (Å²) in [6, 6.07) is 5.81. The summed E-state index contributed by atoms with van der Waals surface area (Å²) in [6.45, 7) is 3.60. The predicted molar refractivity (Wildman–Crippen MR) is 114 cm³/mol. The molecule has 1 fully saturated rings.